The predicted molar refractivity (Wildman–Crippen MR) is 92.6 cm³/mol. The lowest BCUT2D eigenvalue weighted by atomic mass is 10.0. The minimum Gasteiger partial charge on any atom is -0.508 e. The molecule has 3 rings (SSSR count). The number of carbonyl (C=O) groups excluding carboxylic acids is 2. The highest BCUT2D eigenvalue weighted by Crippen LogP contribution is 2.21. The molecule has 0 aromatic heterocycles. The van der Waals surface area contributed by atoms with Crippen LogP contribution in [0, 0.1) is 5.82 Å². The van der Waals surface area contributed by atoms with Gasteiger partial charge in [-0.05, 0) is 37.1 Å². The van der Waals surface area contributed by atoms with Crippen LogP contribution in [0.1, 0.15) is 33.6 Å². The van der Waals surface area contributed by atoms with Crippen LogP contribution < -0.4 is 5.32 Å². The van der Waals surface area contributed by atoms with Crippen molar-refractivity contribution in [3.8, 4) is 11.5 Å². The number of carbonyl (C=O) groups is 2. The summed E-state index contributed by atoms with van der Waals surface area (Å²) >= 11 is 0. The standard InChI is InChI=1S/C19H19FN2O4/c20-17-4-2-1-3-16(17)19(26)22-7-5-13(6-8-22)21-18(25)12-9-14(23)11-15(24)10-12/h1-4,9-11,13,23-24H,5-8H2,(H,21,25). The zero-order chi connectivity index (χ0) is 18.7. The van der Waals surface area contributed by atoms with E-state index in [4.69, 9.17) is 0 Å². The first kappa shape index (κ1) is 17.7. The lowest BCUT2D eigenvalue weighted by Crippen LogP contribution is -2.46. The van der Waals surface area contributed by atoms with E-state index in [9.17, 15) is 24.2 Å². The van der Waals surface area contributed by atoms with Crippen LogP contribution in [0.2, 0.25) is 0 Å². The van der Waals surface area contributed by atoms with Crippen molar-refractivity contribution in [3.63, 3.8) is 0 Å². The molecular formula is C19H19FN2O4. The molecule has 0 radical (unpaired) electrons. The molecule has 0 bridgehead atoms. The number of hydrogen-bond acceptors (Lipinski definition) is 4. The molecule has 1 fully saturated rings. The number of hydrogen-bond donors (Lipinski definition) is 3. The Bertz CT molecular complexity index is 812. The molecule has 1 aliphatic heterocycles. The number of piperidine rings is 1. The molecular weight excluding hydrogens is 339 g/mol. The summed E-state index contributed by atoms with van der Waals surface area (Å²) in [4.78, 5) is 26.2. The van der Waals surface area contributed by atoms with Gasteiger partial charge in [-0.1, -0.05) is 12.1 Å². The van der Waals surface area contributed by atoms with Crippen molar-refractivity contribution in [3.05, 3.63) is 59.4 Å². The number of phenols is 2. The van der Waals surface area contributed by atoms with Gasteiger partial charge in [-0.15, -0.1) is 0 Å². The summed E-state index contributed by atoms with van der Waals surface area (Å²) in [6.07, 6.45) is 1.08. The Hall–Kier alpha value is -3.09. The topological polar surface area (TPSA) is 89.9 Å². The number of likely N-dealkylation sites (tertiary alicyclic amines) is 1. The van der Waals surface area contributed by atoms with Gasteiger partial charge in [-0.2, -0.15) is 0 Å². The Morgan fingerprint density at radius 3 is 2.27 bits per heavy atom. The highest BCUT2D eigenvalue weighted by atomic mass is 19.1. The number of benzene rings is 2. The average Bonchev–Trinajstić information content (AvgIpc) is 2.61. The fourth-order valence-electron chi connectivity index (χ4n) is 3.03. The molecule has 26 heavy (non-hydrogen) atoms. The normalized spacial score (nSPS) is 14.9. The van der Waals surface area contributed by atoms with E-state index in [-0.39, 0.29) is 34.6 Å². The number of aromatic hydroxyl groups is 2. The van der Waals surface area contributed by atoms with Gasteiger partial charge in [0.25, 0.3) is 11.8 Å². The van der Waals surface area contributed by atoms with Gasteiger partial charge < -0.3 is 20.4 Å². The van der Waals surface area contributed by atoms with Crippen LogP contribution in [0.15, 0.2) is 42.5 Å². The van der Waals surface area contributed by atoms with E-state index >= 15 is 0 Å². The minimum atomic E-state index is -0.545. The van der Waals surface area contributed by atoms with E-state index in [0.717, 1.165) is 6.07 Å². The Kier molecular flexibility index (Phi) is 5.06. The summed E-state index contributed by atoms with van der Waals surface area (Å²) in [5.74, 6) is -1.70. The lowest BCUT2D eigenvalue weighted by molar-refractivity contribution is 0.0693. The molecule has 3 N–H and O–H groups in total. The summed E-state index contributed by atoms with van der Waals surface area (Å²) in [5, 5.41) is 21.7. The molecule has 0 aliphatic carbocycles. The van der Waals surface area contributed by atoms with Crippen molar-refractivity contribution in [2.45, 2.75) is 18.9 Å². The third-order valence-corrected chi connectivity index (χ3v) is 4.39. The highest BCUT2D eigenvalue weighted by Gasteiger charge is 2.26. The van der Waals surface area contributed by atoms with Crippen LogP contribution in [-0.2, 0) is 0 Å². The largest absolute Gasteiger partial charge is 0.508 e. The molecule has 2 amide bonds. The zero-order valence-electron chi connectivity index (χ0n) is 14.0. The molecule has 136 valence electrons. The molecule has 1 saturated heterocycles. The van der Waals surface area contributed by atoms with E-state index in [2.05, 4.69) is 5.32 Å². The molecule has 1 heterocycles. The van der Waals surface area contributed by atoms with Gasteiger partial charge >= 0.3 is 0 Å². The van der Waals surface area contributed by atoms with Crippen molar-refractivity contribution in [2.75, 3.05) is 13.1 Å². The number of nitrogens with zero attached hydrogens (tertiary/aromatic N) is 1. The monoisotopic (exact) mass is 358 g/mol. The maximum atomic E-state index is 13.8. The summed E-state index contributed by atoms with van der Waals surface area (Å²) in [5.41, 5.74) is 0.206. The molecule has 0 unspecified atom stereocenters. The van der Waals surface area contributed by atoms with Crippen LogP contribution in [0.5, 0.6) is 11.5 Å². The fourth-order valence-corrected chi connectivity index (χ4v) is 3.03. The minimum absolute atomic E-state index is 0.0465. The van der Waals surface area contributed by atoms with E-state index in [0.29, 0.717) is 25.9 Å². The van der Waals surface area contributed by atoms with Crippen molar-refractivity contribution >= 4 is 11.8 Å². The van der Waals surface area contributed by atoms with Gasteiger partial charge in [-0.3, -0.25) is 9.59 Å². The van der Waals surface area contributed by atoms with E-state index in [1.807, 2.05) is 0 Å². The molecule has 0 spiro atoms. The molecule has 7 heteroatoms. The number of nitrogens with one attached hydrogen (secondary N) is 1. The third kappa shape index (κ3) is 3.93. The molecule has 2 aromatic rings. The highest BCUT2D eigenvalue weighted by molar-refractivity contribution is 5.95. The van der Waals surface area contributed by atoms with Crippen molar-refractivity contribution in [2.24, 2.45) is 0 Å². The second-order valence-corrected chi connectivity index (χ2v) is 6.26. The summed E-state index contributed by atoms with van der Waals surface area (Å²) in [7, 11) is 0. The number of phenolic OH excluding ortho intramolecular Hbond substituents is 2. The number of halogens is 1. The Balaban J connectivity index is 1.58. The van der Waals surface area contributed by atoms with Gasteiger partial charge in [0.05, 0.1) is 5.56 Å². The maximum absolute atomic E-state index is 13.8. The number of amides is 2. The van der Waals surface area contributed by atoms with Crippen molar-refractivity contribution in [1.29, 1.82) is 0 Å². The molecule has 6 nitrogen and oxygen atoms in total. The smallest absolute Gasteiger partial charge is 0.256 e. The van der Waals surface area contributed by atoms with Gasteiger partial charge in [0.2, 0.25) is 0 Å². The summed E-state index contributed by atoms with van der Waals surface area (Å²) < 4.78 is 13.8. The van der Waals surface area contributed by atoms with Crippen LogP contribution in [-0.4, -0.2) is 46.1 Å². The van der Waals surface area contributed by atoms with Gasteiger partial charge in [0, 0.05) is 30.8 Å². The SMILES string of the molecule is O=C(NC1CCN(C(=O)c2ccccc2F)CC1)c1cc(O)cc(O)c1. The maximum Gasteiger partial charge on any atom is 0.256 e. The van der Waals surface area contributed by atoms with Crippen molar-refractivity contribution < 1.29 is 24.2 Å². The summed E-state index contributed by atoms with van der Waals surface area (Å²) in [6.45, 7) is 0.812. The first-order valence-corrected chi connectivity index (χ1v) is 8.32. The first-order valence-electron chi connectivity index (χ1n) is 8.32. The average molecular weight is 358 g/mol. The van der Waals surface area contributed by atoms with Gasteiger partial charge in [0.15, 0.2) is 0 Å². The fraction of sp³-hybridized carbons (Fsp3) is 0.263. The molecule has 0 saturated carbocycles. The summed E-state index contributed by atoms with van der Waals surface area (Å²) in [6, 6.07) is 9.41. The quantitative estimate of drug-likeness (QED) is 0.785. The Morgan fingerprint density at radius 1 is 1.04 bits per heavy atom. The molecule has 2 aromatic carbocycles. The van der Waals surface area contributed by atoms with Crippen LogP contribution in [0.25, 0.3) is 0 Å². The lowest BCUT2D eigenvalue weighted by Gasteiger charge is -2.32. The third-order valence-electron chi connectivity index (χ3n) is 4.39. The Labute approximate surface area is 149 Å². The van der Waals surface area contributed by atoms with Gasteiger partial charge in [0.1, 0.15) is 17.3 Å². The van der Waals surface area contributed by atoms with E-state index in [1.165, 1.54) is 30.3 Å². The second-order valence-electron chi connectivity index (χ2n) is 6.26. The van der Waals surface area contributed by atoms with Crippen molar-refractivity contribution in [1.82, 2.24) is 10.2 Å². The van der Waals surface area contributed by atoms with Crippen LogP contribution in [0.4, 0.5) is 4.39 Å². The zero-order valence-corrected chi connectivity index (χ0v) is 14.0. The van der Waals surface area contributed by atoms with Crippen LogP contribution >= 0.6 is 0 Å². The van der Waals surface area contributed by atoms with E-state index in [1.54, 1.807) is 11.0 Å². The molecule has 1 aliphatic rings. The van der Waals surface area contributed by atoms with Crippen LogP contribution in [0.3, 0.4) is 0 Å². The predicted octanol–water partition coefficient (Wildman–Crippen LogP) is 2.27. The number of rotatable bonds is 3. The van der Waals surface area contributed by atoms with Gasteiger partial charge in [-0.25, -0.2) is 4.39 Å². The molecule has 0 atom stereocenters. The van der Waals surface area contributed by atoms with E-state index < -0.39 is 11.7 Å². The second kappa shape index (κ2) is 7.43. The first-order chi connectivity index (χ1) is 12.4. The Morgan fingerprint density at radius 2 is 1.65 bits per heavy atom.